The van der Waals surface area contributed by atoms with Crippen molar-refractivity contribution in [3.05, 3.63) is 29.5 Å². The zero-order valence-electron chi connectivity index (χ0n) is 8.43. The van der Waals surface area contributed by atoms with Crippen LogP contribution in [0.25, 0.3) is 0 Å². The number of carbonyl (C=O) groups is 1. The summed E-state index contributed by atoms with van der Waals surface area (Å²) in [6.45, 7) is 1.35. The molecule has 0 heterocycles. The van der Waals surface area contributed by atoms with E-state index in [9.17, 15) is 10.0 Å². The summed E-state index contributed by atoms with van der Waals surface area (Å²) in [5.74, 6) is -0.268. The number of carbonyl (C=O) groups excluding carboxylic acids is 1. The summed E-state index contributed by atoms with van der Waals surface area (Å²) in [5, 5.41) is 24.1. The second kappa shape index (κ2) is 5.40. The van der Waals surface area contributed by atoms with Gasteiger partial charge in [-0.3, -0.25) is 10.0 Å². The molecule has 0 saturated carbocycles. The lowest BCUT2D eigenvalue weighted by Crippen LogP contribution is -2.32. The van der Waals surface area contributed by atoms with Gasteiger partial charge in [0.1, 0.15) is 0 Å². The van der Waals surface area contributed by atoms with Gasteiger partial charge in [-0.25, -0.2) is 0 Å². The lowest BCUT2D eigenvalue weighted by molar-refractivity contribution is -0.117. The first kappa shape index (κ1) is 12.4. The highest BCUT2D eigenvalue weighted by Gasteiger charge is 1.99. The van der Waals surface area contributed by atoms with Crippen LogP contribution in [0.1, 0.15) is 6.92 Å². The van der Waals surface area contributed by atoms with Crippen molar-refractivity contribution in [1.29, 1.82) is 0 Å². The van der Waals surface area contributed by atoms with Gasteiger partial charge in [0.05, 0.1) is 5.69 Å². The third kappa shape index (κ3) is 3.81. The molecule has 0 fully saturated rings. The molecule has 0 spiro atoms. The standard InChI is InChI=1S/C9H10N3O3S/c1-6(13)10-9(16)11-7-2-4-8(5-3-7)12(14)15/h2-5,14H,1H3,(H2,10,11,13,16)/q-1. The quantitative estimate of drug-likeness (QED) is 0.532. The Kier molecular flexibility index (Phi) is 4.18. The van der Waals surface area contributed by atoms with Crippen molar-refractivity contribution in [3.8, 4) is 0 Å². The van der Waals surface area contributed by atoms with Gasteiger partial charge in [-0.15, -0.1) is 0 Å². The van der Waals surface area contributed by atoms with Crippen molar-refractivity contribution < 1.29 is 10.0 Å². The Bertz CT molecular complexity index is 391. The van der Waals surface area contributed by atoms with E-state index in [1.165, 1.54) is 19.1 Å². The highest BCUT2D eigenvalue weighted by molar-refractivity contribution is 7.80. The van der Waals surface area contributed by atoms with Crippen LogP contribution in [0.15, 0.2) is 24.3 Å². The molecule has 6 nitrogen and oxygen atoms in total. The molecule has 0 bridgehead atoms. The fourth-order valence-corrected chi connectivity index (χ4v) is 1.26. The van der Waals surface area contributed by atoms with E-state index in [4.69, 9.17) is 17.4 Å². The van der Waals surface area contributed by atoms with Gasteiger partial charge in [0.15, 0.2) is 5.11 Å². The number of rotatable bonds is 2. The van der Waals surface area contributed by atoms with Crippen molar-refractivity contribution in [2.75, 3.05) is 10.5 Å². The van der Waals surface area contributed by atoms with E-state index in [-0.39, 0.29) is 21.9 Å². The molecule has 1 rings (SSSR count). The normalized spacial score (nSPS) is 9.44. The van der Waals surface area contributed by atoms with Gasteiger partial charge in [-0.2, -0.15) is 0 Å². The number of nitrogens with zero attached hydrogens (tertiary/aromatic N) is 1. The topological polar surface area (TPSA) is 87.7 Å². The highest BCUT2D eigenvalue weighted by Crippen LogP contribution is 2.15. The molecule has 3 N–H and O–H groups in total. The smallest absolute Gasteiger partial charge is 0.222 e. The average Bonchev–Trinajstić information content (AvgIpc) is 2.16. The van der Waals surface area contributed by atoms with Crippen molar-refractivity contribution in [2.24, 2.45) is 0 Å². The Morgan fingerprint density at radius 3 is 2.44 bits per heavy atom. The third-order valence-electron chi connectivity index (χ3n) is 1.64. The van der Waals surface area contributed by atoms with Gasteiger partial charge < -0.3 is 21.1 Å². The molecule has 0 saturated heterocycles. The van der Waals surface area contributed by atoms with Crippen molar-refractivity contribution >= 4 is 34.6 Å². The van der Waals surface area contributed by atoms with Crippen LogP contribution in [0, 0.1) is 5.21 Å². The van der Waals surface area contributed by atoms with Gasteiger partial charge >= 0.3 is 0 Å². The van der Waals surface area contributed by atoms with Crippen LogP contribution >= 0.6 is 12.2 Å². The van der Waals surface area contributed by atoms with Crippen LogP contribution in [0.3, 0.4) is 0 Å². The average molecular weight is 240 g/mol. The fourth-order valence-electron chi connectivity index (χ4n) is 0.995. The number of anilines is 2. The van der Waals surface area contributed by atoms with Gasteiger partial charge in [0, 0.05) is 12.6 Å². The summed E-state index contributed by atoms with van der Waals surface area (Å²) in [7, 11) is 0. The molecule has 16 heavy (non-hydrogen) atoms. The second-order valence-corrected chi connectivity index (χ2v) is 3.36. The summed E-state index contributed by atoms with van der Waals surface area (Å²) in [5.41, 5.74) is 0.709. The van der Waals surface area contributed by atoms with Crippen molar-refractivity contribution in [1.82, 2.24) is 5.32 Å². The summed E-state index contributed by atoms with van der Waals surface area (Å²) in [6.07, 6.45) is 0. The predicted octanol–water partition coefficient (Wildman–Crippen LogP) is 1.21. The third-order valence-corrected chi connectivity index (χ3v) is 1.84. The minimum Gasteiger partial charge on any atom is -0.733 e. The molecular formula is C9H10N3O3S-. The zero-order valence-corrected chi connectivity index (χ0v) is 9.25. The van der Waals surface area contributed by atoms with Crippen LogP contribution in [-0.2, 0) is 4.79 Å². The second-order valence-electron chi connectivity index (χ2n) is 2.96. The Hall–Kier alpha value is -1.70. The first-order valence-corrected chi connectivity index (χ1v) is 4.74. The molecule has 0 atom stereocenters. The molecule has 0 radical (unpaired) electrons. The fraction of sp³-hybridized carbons (Fsp3) is 0.111. The maximum absolute atomic E-state index is 10.7. The first-order chi connectivity index (χ1) is 7.49. The maximum Gasteiger partial charge on any atom is 0.222 e. The molecule has 0 aliphatic rings. The van der Waals surface area contributed by atoms with E-state index in [1.54, 1.807) is 12.1 Å². The van der Waals surface area contributed by atoms with Crippen LogP contribution in [0.5, 0.6) is 0 Å². The molecule has 1 aromatic carbocycles. The summed E-state index contributed by atoms with van der Waals surface area (Å²) in [6, 6.07) is 5.91. The van der Waals surface area contributed by atoms with Gasteiger partial charge in [-0.05, 0) is 36.5 Å². The van der Waals surface area contributed by atoms with E-state index in [2.05, 4.69) is 10.6 Å². The summed E-state index contributed by atoms with van der Waals surface area (Å²) in [4.78, 5) is 10.7. The lowest BCUT2D eigenvalue weighted by atomic mass is 10.3. The van der Waals surface area contributed by atoms with Gasteiger partial charge in [0.25, 0.3) is 0 Å². The number of hydrogen-bond donors (Lipinski definition) is 3. The number of nitrogens with one attached hydrogen (secondary N) is 2. The van der Waals surface area contributed by atoms with Gasteiger partial charge in [0.2, 0.25) is 5.91 Å². The summed E-state index contributed by atoms with van der Waals surface area (Å²) >= 11 is 4.83. The highest BCUT2D eigenvalue weighted by atomic mass is 32.1. The SMILES string of the molecule is CC(=O)NC(=S)Nc1ccc(N([O-])O)cc1. The monoisotopic (exact) mass is 240 g/mol. The van der Waals surface area contributed by atoms with Crippen LogP contribution in [0.2, 0.25) is 0 Å². The maximum atomic E-state index is 10.7. The Morgan fingerprint density at radius 1 is 1.44 bits per heavy atom. The van der Waals surface area contributed by atoms with Crippen LogP contribution < -0.4 is 15.9 Å². The predicted molar refractivity (Wildman–Crippen MR) is 64.1 cm³/mol. The molecule has 0 aliphatic carbocycles. The van der Waals surface area contributed by atoms with Crippen LogP contribution in [-0.4, -0.2) is 16.2 Å². The molecule has 1 amide bonds. The van der Waals surface area contributed by atoms with Crippen LogP contribution in [0.4, 0.5) is 11.4 Å². The largest absolute Gasteiger partial charge is 0.733 e. The van der Waals surface area contributed by atoms with E-state index in [0.717, 1.165) is 0 Å². The van der Waals surface area contributed by atoms with E-state index in [0.29, 0.717) is 5.69 Å². The minimum absolute atomic E-state index is 0.107. The molecular weight excluding hydrogens is 230 g/mol. The minimum atomic E-state index is -0.268. The lowest BCUT2D eigenvalue weighted by Gasteiger charge is -2.21. The van der Waals surface area contributed by atoms with Crippen molar-refractivity contribution in [2.45, 2.75) is 6.92 Å². The Morgan fingerprint density at radius 2 is 2.00 bits per heavy atom. The first-order valence-electron chi connectivity index (χ1n) is 4.34. The molecule has 86 valence electrons. The Labute approximate surface area is 97.4 Å². The zero-order chi connectivity index (χ0) is 12.1. The number of benzene rings is 1. The van der Waals surface area contributed by atoms with Gasteiger partial charge in [-0.1, -0.05) is 0 Å². The number of amides is 1. The van der Waals surface area contributed by atoms with E-state index >= 15 is 0 Å². The number of thiocarbonyl (C=S) groups is 1. The van der Waals surface area contributed by atoms with Crippen molar-refractivity contribution in [3.63, 3.8) is 0 Å². The molecule has 0 aromatic heterocycles. The Balaban J connectivity index is 2.62. The van der Waals surface area contributed by atoms with E-state index < -0.39 is 0 Å². The molecule has 0 aliphatic heterocycles. The molecule has 7 heteroatoms. The van der Waals surface area contributed by atoms with E-state index in [1.807, 2.05) is 0 Å². The molecule has 0 unspecified atom stereocenters. The number of hydrogen-bond acceptors (Lipinski definition) is 5. The molecule has 1 aromatic rings. The summed E-state index contributed by atoms with van der Waals surface area (Å²) < 4.78 is 0.